The van der Waals surface area contributed by atoms with Crippen molar-refractivity contribution in [1.82, 2.24) is 10.2 Å². The molecule has 5 aromatic rings. The number of carbonyl (C=O) groups excluding carboxylic acids is 3. The summed E-state index contributed by atoms with van der Waals surface area (Å²) in [5, 5.41) is 5.51. The van der Waals surface area contributed by atoms with E-state index in [1.807, 2.05) is 91.0 Å². The minimum atomic E-state index is -0.685. The second-order valence-corrected chi connectivity index (χ2v) is 15.3. The smallest absolute Gasteiger partial charge is 0.285 e. The van der Waals surface area contributed by atoms with Crippen LogP contribution in [0.3, 0.4) is 0 Å². The summed E-state index contributed by atoms with van der Waals surface area (Å²) in [7, 11) is 0. The van der Waals surface area contributed by atoms with Crippen molar-refractivity contribution in [2.45, 2.75) is 19.6 Å². The Morgan fingerprint density at radius 2 is 1.54 bits per heavy atom. The number of carbonyl (C=O) groups is 3. The van der Waals surface area contributed by atoms with E-state index in [0.717, 1.165) is 52.1 Å². The standard InChI is InChI=1S/C44H35I2N3O4S/c1-3-5-22-34(4-2)49-43(52)36(24-29-25-37(45)41(38(46)26-29)53-27-33-21-14-20-30-15-12-13-23-35(30)33)42(51)48-44(49)54-28-39(50)47-40(31-16-8-6-9-17-31)32-18-10-7-11-19-32/h3-26,40H,1,27-28H2,2H3,(H,47,50)/b22-5-,34-4+,36-24+. The predicted molar refractivity (Wildman–Crippen MR) is 236 cm³/mol. The average Bonchev–Trinajstić information content (AvgIpc) is 3.19. The van der Waals surface area contributed by atoms with Crippen LogP contribution in [-0.4, -0.2) is 33.5 Å². The number of ether oxygens (including phenoxy) is 1. The van der Waals surface area contributed by atoms with Crippen LogP contribution in [0.25, 0.3) is 16.8 Å². The van der Waals surface area contributed by atoms with Crippen molar-refractivity contribution in [3.63, 3.8) is 0 Å². The zero-order valence-corrected chi connectivity index (χ0v) is 34.4. The summed E-state index contributed by atoms with van der Waals surface area (Å²) in [6, 6.07) is 37.1. The van der Waals surface area contributed by atoms with Gasteiger partial charge in [-0.25, -0.2) is 0 Å². The van der Waals surface area contributed by atoms with Crippen LogP contribution in [-0.2, 0) is 21.0 Å². The molecule has 0 bridgehead atoms. The zero-order chi connectivity index (χ0) is 38.0. The fraction of sp³-hybridized carbons (Fsp3) is 0.0909. The van der Waals surface area contributed by atoms with Gasteiger partial charge in [-0.15, -0.1) is 0 Å². The lowest BCUT2D eigenvalue weighted by molar-refractivity contribution is -0.126. The van der Waals surface area contributed by atoms with E-state index in [-0.39, 0.29) is 28.4 Å². The van der Waals surface area contributed by atoms with E-state index in [0.29, 0.717) is 17.9 Å². The molecule has 270 valence electrons. The van der Waals surface area contributed by atoms with Gasteiger partial charge in [-0.2, -0.15) is 4.99 Å². The van der Waals surface area contributed by atoms with E-state index in [9.17, 15) is 14.4 Å². The first-order chi connectivity index (χ1) is 26.3. The fourth-order valence-corrected chi connectivity index (χ4v) is 8.86. The second kappa shape index (κ2) is 18.5. The maximum absolute atomic E-state index is 14.2. The molecular weight excluding hydrogens is 920 g/mol. The minimum absolute atomic E-state index is 0.0795. The summed E-state index contributed by atoms with van der Waals surface area (Å²) < 4.78 is 7.99. The summed E-state index contributed by atoms with van der Waals surface area (Å²) in [5.41, 5.74) is 3.97. The first kappa shape index (κ1) is 38.9. The van der Waals surface area contributed by atoms with Gasteiger partial charge in [0.05, 0.1) is 18.9 Å². The van der Waals surface area contributed by atoms with Crippen LogP contribution in [0.5, 0.6) is 5.75 Å². The highest BCUT2D eigenvalue weighted by Crippen LogP contribution is 2.33. The van der Waals surface area contributed by atoms with Gasteiger partial charge in [0.15, 0.2) is 5.17 Å². The highest BCUT2D eigenvalue weighted by Gasteiger charge is 2.35. The number of allylic oxidation sites excluding steroid dienone is 4. The topological polar surface area (TPSA) is 88.1 Å². The number of amidine groups is 1. The molecule has 0 saturated heterocycles. The highest BCUT2D eigenvalue weighted by molar-refractivity contribution is 14.1. The van der Waals surface area contributed by atoms with E-state index in [1.54, 1.807) is 37.3 Å². The first-order valence-electron chi connectivity index (χ1n) is 17.0. The van der Waals surface area contributed by atoms with Crippen molar-refractivity contribution in [2.24, 2.45) is 4.99 Å². The number of nitrogens with one attached hydrogen (secondary N) is 1. The van der Waals surface area contributed by atoms with E-state index < -0.39 is 11.8 Å². The summed E-state index contributed by atoms with van der Waals surface area (Å²) in [4.78, 5) is 47.0. The molecule has 0 fully saturated rings. The Bertz CT molecular complexity index is 2270. The zero-order valence-electron chi connectivity index (χ0n) is 29.2. The first-order valence-corrected chi connectivity index (χ1v) is 20.2. The van der Waals surface area contributed by atoms with Gasteiger partial charge in [0.1, 0.15) is 17.9 Å². The number of thioether (sulfide) groups is 1. The lowest BCUT2D eigenvalue weighted by Gasteiger charge is -2.28. The largest absolute Gasteiger partial charge is 0.487 e. The van der Waals surface area contributed by atoms with Gasteiger partial charge in [-0.1, -0.05) is 140 Å². The van der Waals surface area contributed by atoms with Crippen LogP contribution in [0, 0.1) is 7.14 Å². The van der Waals surface area contributed by atoms with E-state index in [4.69, 9.17) is 4.74 Å². The molecule has 10 heteroatoms. The van der Waals surface area contributed by atoms with Crippen molar-refractivity contribution in [3.05, 3.63) is 187 Å². The quantitative estimate of drug-likeness (QED) is 0.0583. The predicted octanol–water partition coefficient (Wildman–Crippen LogP) is 10.0. The number of nitrogens with zero attached hydrogens (tertiary/aromatic N) is 2. The van der Waals surface area contributed by atoms with Crippen molar-refractivity contribution in [2.75, 3.05) is 5.75 Å². The number of amides is 3. The van der Waals surface area contributed by atoms with E-state index in [2.05, 4.69) is 86.3 Å². The molecule has 0 atom stereocenters. The number of rotatable bonds is 12. The fourth-order valence-electron chi connectivity index (χ4n) is 5.93. The van der Waals surface area contributed by atoms with Crippen LogP contribution in [0.15, 0.2) is 162 Å². The molecule has 0 radical (unpaired) electrons. The number of hydrogen-bond acceptors (Lipinski definition) is 5. The van der Waals surface area contributed by atoms with Crippen LogP contribution < -0.4 is 10.1 Å². The molecule has 7 nitrogen and oxygen atoms in total. The molecule has 0 spiro atoms. The van der Waals surface area contributed by atoms with Gasteiger partial charge < -0.3 is 10.1 Å². The van der Waals surface area contributed by atoms with Gasteiger partial charge in [0.2, 0.25) is 5.91 Å². The monoisotopic (exact) mass is 955 g/mol. The average molecular weight is 956 g/mol. The second-order valence-electron chi connectivity index (χ2n) is 12.1. The Balaban J connectivity index is 1.24. The molecule has 6 rings (SSSR count). The third kappa shape index (κ3) is 9.28. The van der Waals surface area contributed by atoms with Crippen molar-refractivity contribution < 1.29 is 19.1 Å². The number of aliphatic imine (C=N–C) groups is 1. The SMILES string of the molecule is C=C/C=C\C(=C/C)N1C(=O)/C(=C/c2cc(I)c(OCc3cccc4ccccc34)c(I)c2)C(=O)N=C1SCC(=O)NC(c1ccccc1)c1ccccc1. The minimum Gasteiger partial charge on any atom is -0.487 e. The number of fused-ring (bicyclic) bond motifs is 1. The summed E-state index contributed by atoms with van der Waals surface area (Å²) in [5.74, 6) is -0.874. The Morgan fingerprint density at radius 1 is 0.907 bits per heavy atom. The van der Waals surface area contributed by atoms with Gasteiger partial charge in [0.25, 0.3) is 11.8 Å². The molecule has 5 aromatic carbocycles. The Morgan fingerprint density at radius 3 is 2.19 bits per heavy atom. The molecule has 1 N–H and O–H groups in total. The lowest BCUT2D eigenvalue weighted by atomic mass is 9.99. The molecule has 54 heavy (non-hydrogen) atoms. The number of benzene rings is 5. The lowest BCUT2D eigenvalue weighted by Crippen LogP contribution is -2.42. The maximum atomic E-state index is 14.2. The third-order valence-electron chi connectivity index (χ3n) is 8.50. The van der Waals surface area contributed by atoms with E-state index >= 15 is 0 Å². The molecule has 1 aliphatic heterocycles. The molecule has 0 saturated carbocycles. The van der Waals surface area contributed by atoms with Crippen LogP contribution in [0.4, 0.5) is 0 Å². The number of halogens is 2. The normalized spacial score (nSPS) is 14.2. The number of hydrogen-bond donors (Lipinski definition) is 1. The van der Waals surface area contributed by atoms with Crippen LogP contribution in [0.1, 0.15) is 35.2 Å². The van der Waals surface area contributed by atoms with Gasteiger partial charge in [-0.05, 0) is 109 Å². The van der Waals surface area contributed by atoms with Gasteiger partial charge in [0, 0.05) is 5.70 Å². The van der Waals surface area contributed by atoms with E-state index in [1.165, 1.54) is 4.90 Å². The maximum Gasteiger partial charge on any atom is 0.285 e. The van der Waals surface area contributed by atoms with Crippen molar-refractivity contribution >= 4 is 96.7 Å². The molecule has 1 aliphatic rings. The van der Waals surface area contributed by atoms with Crippen LogP contribution in [0.2, 0.25) is 0 Å². The van der Waals surface area contributed by atoms with Crippen LogP contribution >= 0.6 is 56.9 Å². The molecular formula is C44H35I2N3O4S. The molecule has 3 amide bonds. The van der Waals surface area contributed by atoms with Gasteiger partial charge in [-0.3, -0.25) is 19.3 Å². The summed E-state index contributed by atoms with van der Waals surface area (Å²) in [6.45, 7) is 5.93. The Hall–Kier alpha value is -4.79. The Labute approximate surface area is 346 Å². The Kier molecular flexibility index (Phi) is 13.3. The molecule has 0 unspecified atom stereocenters. The molecule has 0 aliphatic carbocycles. The molecule has 0 aromatic heterocycles. The summed E-state index contributed by atoms with van der Waals surface area (Å²) in [6.07, 6.45) is 8.31. The summed E-state index contributed by atoms with van der Waals surface area (Å²) >= 11 is 5.45. The highest BCUT2D eigenvalue weighted by atomic mass is 127. The van der Waals surface area contributed by atoms with Crippen molar-refractivity contribution in [1.29, 1.82) is 0 Å². The van der Waals surface area contributed by atoms with Gasteiger partial charge >= 0.3 is 0 Å². The molecule has 1 heterocycles. The van der Waals surface area contributed by atoms with Crippen molar-refractivity contribution in [3.8, 4) is 5.75 Å². The third-order valence-corrected chi connectivity index (χ3v) is 11.0.